The van der Waals surface area contributed by atoms with Gasteiger partial charge in [-0.1, -0.05) is 31.9 Å². The number of carbonyl (C=O) groups excluding carboxylic acids is 1. The summed E-state index contributed by atoms with van der Waals surface area (Å²) in [6, 6.07) is 7.70. The first kappa shape index (κ1) is 30.8. The molecule has 1 atom stereocenters. The molecule has 8 heteroatoms. The minimum Gasteiger partial charge on any atom is -0.491 e. The molecule has 1 unspecified atom stereocenters. The number of nitrogens with two attached hydrogens (primary N) is 1. The van der Waals surface area contributed by atoms with E-state index in [2.05, 4.69) is 11.9 Å². The van der Waals surface area contributed by atoms with Gasteiger partial charge in [-0.2, -0.15) is 0 Å². The molecule has 1 aliphatic heterocycles. The number of hydrogen-bond donors (Lipinski definition) is 2. The largest absolute Gasteiger partial charge is 0.491 e. The number of amides is 1. The fourth-order valence-electron chi connectivity index (χ4n) is 5.66. The van der Waals surface area contributed by atoms with Gasteiger partial charge in [-0.3, -0.25) is 4.79 Å². The van der Waals surface area contributed by atoms with Crippen molar-refractivity contribution < 1.29 is 18.7 Å². The van der Waals surface area contributed by atoms with Crippen LogP contribution in [0.4, 0.5) is 4.39 Å². The van der Waals surface area contributed by atoms with Gasteiger partial charge in [-0.05, 0) is 75.9 Å². The summed E-state index contributed by atoms with van der Waals surface area (Å²) in [6.07, 6.45) is 10.3. The van der Waals surface area contributed by atoms with E-state index in [1.165, 1.54) is 6.42 Å². The van der Waals surface area contributed by atoms with Crippen LogP contribution in [-0.4, -0.2) is 67.7 Å². The summed E-state index contributed by atoms with van der Waals surface area (Å²) in [6.45, 7) is 10.4. The van der Waals surface area contributed by atoms with Crippen LogP contribution in [0.3, 0.4) is 0 Å². The van der Waals surface area contributed by atoms with Gasteiger partial charge in [0.15, 0.2) is 5.67 Å². The minimum atomic E-state index is -1.91. The maximum atomic E-state index is 16.0. The van der Waals surface area contributed by atoms with Gasteiger partial charge in [0.05, 0.1) is 12.3 Å². The van der Waals surface area contributed by atoms with Crippen LogP contribution in [0.2, 0.25) is 0 Å². The van der Waals surface area contributed by atoms with Crippen LogP contribution >= 0.6 is 0 Å². The third-order valence-corrected chi connectivity index (χ3v) is 8.18. The topological polar surface area (TPSA) is 89.2 Å². The van der Waals surface area contributed by atoms with Crippen molar-refractivity contribution in [2.75, 3.05) is 40.0 Å². The number of hydrogen-bond acceptors (Lipinski definition) is 6. The Balaban J connectivity index is 1.62. The van der Waals surface area contributed by atoms with E-state index in [1.807, 2.05) is 55.2 Å². The molecule has 2 aliphatic rings. The summed E-state index contributed by atoms with van der Waals surface area (Å²) in [7, 11) is 1.64. The summed E-state index contributed by atoms with van der Waals surface area (Å²) in [5.74, 6) is 1.16. The van der Waals surface area contributed by atoms with Crippen LogP contribution in [0.25, 0.3) is 0 Å². The summed E-state index contributed by atoms with van der Waals surface area (Å²) < 4.78 is 26.6. The van der Waals surface area contributed by atoms with Gasteiger partial charge in [0.25, 0.3) is 5.91 Å². The predicted octanol–water partition coefficient (Wildman–Crippen LogP) is 5.16. The summed E-state index contributed by atoms with van der Waals surface area (Å²) >= 11 is 0. The van der Waals surface area contributed by atoms with Gasteiger partial charge in [0.2, 0.25) is 0 Å². The molecule has 3 N–H and O–H groups in total. The predicted molar refractivity (Wildman–Crippen MR) is 156 cm³/mol. The normalized spacial score (nSPS) is 20.0. The highest BCUT2D eigenvalue weighted by atomic mass is 19.1. The second-order valence-corrected chi connectivity index (χ2v) is 11.0. The molecule has 3 rings (SSSR count). The van der Waals surface area contributed by atoms with Crippen molar-refractivity contribution in [1.82, 2.24) is 10.2 Å². The number of alkyl halides is 1. The Bertz CT molecular complexity index is 996. The fourth-order valence-corrected chi connectivity index (χ4v) is 5.66. The van der Waals surface area contributed by atoms with E-state index in [1.54, 1.807) is 7.11 Å². The lowest BCUT2D eigenvalue weighted by molar-refractivity contribution is -0.138. The summed E-state index contributed by atoms with van der Waals surface area (Å²) in [5, 5.41) is 3.12. The minimum absolute atomic E-state index is 0.100. The first-order valence-corrected chi connectivity index (χ1v) is 14.3. The second-order valence-electron chi connectivity index (χ2n) is 11.0. The Kier molecular flexibility index (Phi) is 11.5. The lowest BCUT2D eigenvalue weighted by Crippen LogP contribution is -2.60. The van der Waals surface area contributed by atoms with Crippen molar-refractivity contribution in [2.24, 2.45) is 16.6 Å². The number of ether oxygens (including phenoxy) is 2. The molecule has 2 fully saturated rings. The Morgan fingerprint density at radius 1 is 1.23 bits per heavy atom. The molecule has 39 heavy (non-hydrogen) atoms. The van der Waals surface area contributed by atoms with Crippen molar-refractivity contribution in [3.63, 3.8) is 0 Å². The molecule has 1 aliphatic carbocycles. The monoisotopic (exact) mass is 542 g/mol. The van der Waals surface area contributed by atoms with Crippen molar-refractivity contribution in [3.05, 3.63) is 54.4 Å². The standard InChI is InChI=1S/C31H47FN4O3/c1-5-9-28(25-12-14-27(15-13-25)39-23-22-38-4)34-24(2)36-20-17-31(32,18-21-36)29(37)35-30(3,16-19-33)26-10-7-6-8-11-26/h5,9,12-15,26H,2,6-8,10-11,16-23,33H2,1,3-4H3,(H,35,37)/b9-5-,34-28?. The van der Waals surface area contributed by atoms with E-state index < -0.39 is 17.1 Å². The molecule has 0 radical (unpaired) electrons. The van der Waals surface area contributed by atoms with E-state index in [-0.39, 0.29) is 12.8 Å². The smallest absolute Gasteiger partial charge is 0.258 e. The average molecular weight is 543 g/mol. The van der Waals surface area contributed by atoms with Crippen molar-refractivity contribution in [3.8, 4) is 5.75 Å². The maximum Gasteiger partial charge on any atom is 0.258 e. The van der Waals surface area contributed by atoms with Crippen molar-refractivity contribution in [1.29, 1.82) is 0 Å². The van der Waals surface area contributed by atoms with E-state index in [0.29, 0.717) is 51.0 Å². The van der Waals surface area contributed by atoms with E-state index in [9.17, 15) is 4.79 Å². The van der Waals surface area contributed by atoms with Crippen molar-refractivity contribution >= 4 is 11.6 Å². The number of carbonyl (C=O) groups is 1. The molecule has 1 heterocycles. The Morgan fingerprint density at radius 2 is 1.90 bits per heavy atom. The van der Waals surface area contributed by atoms with Crippen LogP contribution < -0.4 is 15.8 Å². The van der Waals surface area contributed by atoms with Crippen LogP contribution in [-0.2, 0) is 9.53 Å². The number of piperidine rings is 1. The molecular formula is C31H47FN4O3. The highest BCUT2D eigenvalue weighted by molar-refractivity contribution is 6.09. The zero-order valence-corrected chi connectivity index (χ0v) is 24.0. The van der Waals surface area contributed by atoms with Gasteiger partial charge in [0, 0.05) is 44.1 Å². The van der Waals surface area contributed by atoms with Gasteiger partial charge in [0.1, 0.15) is 18.2 Å². The second kappa shape index (κ2) is 14.6. The molecule has 1 amide bonds. The molecule has 216 valence electrons. The van der Waals surface area contributed by atoms with E-state index in [0.717, 1.165) is 42.7 Å². The van der Waals surface area contributed by atoms with Gasteiger partial charge in [-0.25, -0.2) is 9.38 Å². The van der Waals surface area contributed by atoms with E-state index >= 15 is 4.39 Å². The Hall–Kier alpha value is -2.71. The van der Waals surface area contributed by atoms with Gasteiger partial charge >= 0.3 is 0 Å². The molecule has 0 spiro atoms. The Morgan fingerprint density at radius 3 is 2.49 bits per heavy atom. The van der Waals surface area contributed by atoms with Crippen molar-refractivity contribution in [2.45, 2.75) is 76.4 Å². The van der Waals surface area contributed by atoms with Gasteiger partial charge < -0.3 is 25.4 Å². The number of allylic oxidation sites excluding steroid dienone is 2. The number of nitrogens with zero attached hydrogens (tertiary/aromatic N) is 2. The number of methoxy groups -OCH3 is 1. The molecule has 7 nitrogen and oxygen atoms in total. The number of likely N-dealkylation sites (tertiary alicyclic amines) is 1. The summed E-state index contributed by atoms with van der Waals surface area (Å²) in [4.78, 5) is 20.0. The number of nitrogens with one attached hydrogen (secondary N) is 1. The number of rotatable bonds is 13. The summed E-state index contributed by atoms with van der Waals surface area (Å²) in [5.41, 5.74) is 5.21. The SMILES string of the molecule is C=C(N=C(/C=C\C)c1ccc(OCCOC)cc1)N1CCC(F)(C(=O)NC(C)(CCN)C2CCCCC2)CC1. The number of benzene rings is 1. The Labute approximate surface area is 233 Å². The first-order valence-electron chi connectivity index (χ1n) is 14.3. The lowest BCUT2D eigenvalue weighted by atomic mass is 9.73. The number of halogens is 1. The molecule has 0 bridgehead atoms. The molecular weight excluding hydrogens is 495 g/mol. The highest BCUT2D eigenvalue weighted by Crippen LogP contribution is 2.36. The fraction of sp³-hybridized carbons (Fsp3) is 0.613. The maximum absolute atomic E-state index is 16.0. The van der Waals surface area contributed by atoms with Gasteiger partial charge in [-0.15, -0.1) is 0 Å². The molecule has 1 aromatic rings. The third-order valence-electron chi connectivity index (χ3n) is 8.18. The molecule has 1 aromatic carbocycles. The van der Waals surface area contributed by atoms with Crippen LogP contribution in [0.1, 0.15) is 70.8 Å². The third kappa shape index (κ3) is 8.39. The quantitative estimate of drug-likeness (QED) is 0.266. The lowest BCUT2D eigenvalue weighted by Gasteiger charge is -2.43. The first-order chi connectivity index (χ1) is 18.7. The van der Waals surface area contributed by atoms with Crippen LogP contribution in [0.5, 0.6) is 5.75 Å². The van der Waals surface area contributed by atoms with E-state index in [4.69, 9.17) is 20.2 Å². The van der Waals surface area contributed by atoms with Crippen LogP contribution in [0, 0.1) is 5.92 Å². The molecule has 1 saturated heterocycles. The average Bonchev–Trinajstić information content (AvgIpc) is 2.94. The number of aliphatic imine (C=N–C) groups is 1. The highest BCUT2D eigenvalue weighted by Gasteiger charge is 2.46. The zero-order chi connectivity index (χ0) is 28.3. The zero-order valence-electron chi connectivity index (χ0n) is 24.0. The molecule has 1 saturated carbocycles. The van der Waals surface area contributed by atoms with Crippen LogP contribution in [0.15, 0.2) is 53.8 Å². The molecule has 0 aromatic heterocycles.